The molecule has 0 aliphatic heterocycles. The molecule has 0 N–H and O–H groups in total. The van der Waals surface area contributed by atoms with E-state index in [1.54, 1.807) is 0 Å². The lowest BCUT2D eigenvalue weighted by Crippen LogP contribution is -1.94. The van der Waals surface area contributed by atoms with Gasteiger partial charge in [-0.05, 0) is 92.0 Å². The molecule has 0 saturated heterocycles. The van der Waals surface area contributed by atoms with Crippen LogP contribution in [0.5, 0.6) is 0 Å². The fourth-order valence-electron chi connectivity index (χ4n) is 5.58. The molecule has 36 heavy (non-hydrogen) atoms. The van der Waals surface area contributed by atoms with E-state index in [9.17, 15) is 9.59 Å². The highest BCUT2D eigenvalue weighted by atomic mass is 16.1. The van der Waals surface area contributed by atoms with Crippen molar-refractivity contribution in [2.24, 2.45) is 0 Å². The molecule has 0 radical (unpaired) electrons. The van der Waals surface area contributed by atoms with Crippen molar-refractivity contribution in [1.82, 2.24) is 0 Å². The fourth-order valence-corrected chi connectivity index (χ4v) is 5.58. The van der Waals surface area contributed by atoms with E-state index in [2.05, 4.69) is 72.8 Å². The van der Waals surface area contributed by atoms with Crippen LogP contribution in [0.4, 0.5) is 0 Å². The Morgan fingerprint density at radius 1 is 0.444 bits per heavy atom. The van der Waals surface area contributed by atoms with Gasteiger partial charge in [0.15, 0.2) is 0 Å². The average molecular weight is 467 g/mol. The Balaban J connectivity index is 1.28. The summed E-state index contributed by atoms with van der Waals surface area (Å²) in [6.07, 6.45) is 6.05. The van der Waals surface area contributed by atoms with Gasteiger partial charge in [-0.3, -0.25) is 9.59 Å². The van der Waals surface area contributed by atoms with Crippen molar-refractivity contribution >= 4 is 55.7 Å². The minimum Gasteiger partial charge on any atom is -0.298 e. The maximum atomic E-state index is 11.3. The summed E-state index contributed by atoms with van der Waals surface area (Å²) in [7, 11) is 0. The molecular formula is C34H26O2. The summed E-state index contributed by atoms with van der Waals surface area (Å²) in [5.74, 6) is 0. The van der Waals surface area contributed by atoms with Crippen LogP contribution in [-0.4, -0.2) is 12.6 Å². The molecular weight excluding hydrogens is 440 g/mol. The fraction of sp³-hybridized carbons (Fsp3) is 0.118. The number of aryl methyl sites for hydroxylation is 2. The average Bonchev–Trinajstić information content (AvgIpc) is 2.94. The molecule has 0 spiro atoms. The normalized spacial score (nSPS) is 11.4. The van der Waals surface area contributed by atoms with E-state index in [-0.39, 0.29) is 0 Å². The molecule has 0 bridgehead atoms. The van der Waals surface area contributed by atoms with Crippen molar-refractivity contribution in [3.63, 3.8) is 0 Å². The SMILES string of the molecule is O=Cc1ccc2cc(CCCCc3cc4ccc(C=O)cc4c4ccccc34)c3ccccc3c2c1. The van der Waals surface area contributed by atoms with E-state index >= 15 is 0 Å². The largest absolute Gasteiger partial charge is 0.298 e. The first-order valence-corrected chi connectivity index (χ1v) is 12.5. The molecule has 174 valence electrons. The number of benzene rings is 6. The lowest BCUT2D eigenvalue weighted by atomic mass is 9.91. The maximum absolute atomic E-state index is 11.3. The summed E-state index contributed by atoms with van der Waals surface area (Å²) in [6, 6.07) is 33.6. The highest BCUT2D eigenvalue weighted by Gasteiger charge is 2.10. The van der Waals surface area contributed by atoms with Crippen LogP contribution in [0.2, 0.25) is 0 Å². The van der Waals surface area contributed by atoms with Gasteiger partial charge in [-0.15, -0.1) is 0 Å². The first-order chi connectivity index (χ1) is 17.7. The zero-order chi connectivity index (χ0) is 24.5. The summed E-state index contributed by atoms with van der Waals surface area (Å²) in [6.45, 7) is 0. The lowest BCUT2D eigenvalue weighted by Gasteiger charge is -2.13. The molecule has 0 heterocycles. The van der Waals surface area contributed by atoms with Crippen molar-refractivity contribution in [3.8, 4) is 0 Å². The number of carbonyl (C=O) groups excluding carboxylic acids is 2. The highest BCUT2D eigenvalue weighted by Crippen LogP contribution is 2.32. The number of rotatable bonds is 7. The van der Waals surface area contributed by atoms with Gasteiger partial charge in [-0.1, -0.05) is 84.9 Å². The molecule has 0 atom stereocenters. The predicted octanol–water partition coefficient (Wildman–Crippen LogP) is 8.49. The molecule has 0 aliphatic rings. The van der Waals surface area contributed by atoms with Gasteiger partial charge in [0.1, 0.15) is 12.6 Å². The van der Waals surface area contributed by atoms with Crippen LogP contribution in [0.1, 0.15) is 44.7 Å². The molecule has 0 fully saturated rings. The van der Waals surface area contributed by atoms with Crippen LogP contribution in [0, 0.1) is 0 Å². The van der Waals surface area contributed by atoms with Crippen molar-refractivity contribution < 1.29 is 9.59 Å². The second-order valence-electron chi connectivity index (χ2n) is 9.57. The van der Waals surface area contributed by atoms with E-state index < -0.39 is 0 Å². The van der Waals surface area contributed by atoms with Crippen molar-refractivity contribution in [2.75, 3.05) is 0 Å². The summed E-state index contributed by atoms with van der Waals surface area (Å²) >= 11 is 0. The van der Waals surface area contributed by atoms with Gasteiger partial charge in [0.05, 0.1) is 0 Å². The van der Waals surface area contributed by atoms with Gasteiger partial charge < -0.3 is 0 Å². The smallest absolute Gasteiger partial charge is 0.150 e. The Morgan fingerprint density at radius 2 is 0.861 bits per heavy atom. The Morgan fingerprint density at radius 3 is 1.28 bits per heavy atom. The summed E-state index contributed by atoms with van der Waals surface area (Å²) in [5, 5.41) is 9.62. The van der Waals surface area contributed by atoms with Crippen LogP contribution >= 0.6 is 0 Å². The van der Waals surface area contributed by atoms with Crippen LogP contribution in [-0.2, 0) is 12.8 Å². The Labute approximate surface area is 210 Å². The monoisotopic (exact) mass is 466 g/mol. The molecule has 2 heteroatoms. The van der Waals surface area contributed by atoms with Crippen molar-refractivity contribution in [2.45, 2.75) is 25.7 Å². The lowest BCUT2D eigenvalue weighted by molar-refractivity contribution is 0.111. The number of fused-ring (bicyclic) bond motifs is 6. The van der Waals surface area contributed by atoms with E-state index in [1.807, 2.05) is 24.3 Å². The zero-order valence-corrected chi connectivity index (χ0v) is 20.0. The zero-order valence-electron chi connectivity index (χ0n) is 20.0. The first-order valence-electron chi connectivity index (χ1n) is 12.5. The summed E-state index contributed by atoms with van der Waals surface area (Å²) in [4.78, 5) is 22.6. The Hall–Kier alpha value is -4.30. The minimum atomic E-state index is 0.713. The molecule has 2 nitrogen and oxygen atoms in total. The molecule has 0 aliphatic carbocycles. The topological polar surface area (TPSA) is 34.1 Å². The molecule has 6 aromatic rings. The standard InChI is InChI=1S/C34H26O2/c35-21-23-13-15-27-19-25(29-9-3-5-11-31(29)33(27)17-23)7-1-2-8-26-20-28-16-14-24(22-36)18-34(28)32-12-6-4-10-30(26)32/h3-6,9-22H,1-2,7-8H2. The van der Waals surface area contributed by atoms with Crippen molar-refractivity contribution in [3.05, 3.63) is 119 Å². The van der Waals surface area contributed by atoms with Gasteiger partial charge in [-0.2, -0.15) is 0 Å². The highest BCUT2D eigenvalue weighted by molar-refractivity contribution is 6.11. The van der Waals surface area contributed by atoms with Crippen LogP contribution in [0.15, 0.2) is 97.1 Å². The summed E-state index contributed by atoms with van der Waals surface area (Å²) in [5.41, 5.74) is 4.15. The minimum absolute atomic E-state index is 0.713. The van der Waals surface area contributed by atoms with Gasteiger partial charge in [0.2, 0.25) is 0 Å². The third kappa shape index (κ3) is 3.95. The van der Waals surface area contributed by atoms with Crippen LogP contribution in [0.25, 0.3) is 43.1 Å². The molecule has 0 amide bonds. The summed E-state index contributed by atoms with van der Waals surface area (Å²) < 4.78 is 0. The van der Waals surface area contributed by atoms with E-state index in [0.717, 1.165) is 49.0 Å². The second kappa shape index (κ2) is 9.39. The van der Waals surface area contributed by atoms with Gasteiger partial charge >= 0.3 is 0 Å². The van der Waals surface area contributed by atoms with Crippen molar-refractivity contribution in [1.29, 1.82) is 0 Å². The van der Waals surface area contributed by atoms with Crippen LogP contribution in [0.3, 0.4) is 0 Å². The number of unbranched alkanes of at least 4 members (excludes halogenated alkanes) is 1. The van der Waals surface area contributed by atoms with E-state index in [0.29, 0.717) is 11.1 Å². The first kappa shape index (κ1) is 22.2. The number of hydrogen-bond acceptors (Lipinski definition) is 2. The second-order valence-corrected chi connectivity index (χ2v) is 9.57. The number of hydrogen-bond donors (Lipinski definition) is 0. The van der Waals surface area contributed by atoms with E-state index in [4.69, 9.17) is 0 Å². The third-order valence-corrected chi connectivity index (χ3v) is 7.35. The molecule has 6 aromatic carbocycles. The predicted molar refractivity (Wildman–Crippen MR) is 150 cm³/mol. The Kier molecular flexibility index (Phi) is 5.79. The Bertz CT molecular complexity index is 1640. The number of aldehydes is 2. The van der Waals surface area contributed by atoms with Gasteiger partial charge in [-0.25, -0.2) is 0 Å². The molecule has 0 saturated carbocycles. The quantitative estimate of drug-likeness (QED) is 0.134. The van der Waals surface area contributed by atoms with Gasteiger partial charge in [0, 0.05) is 11.1 Å². The molecule has 0 unspecified atom stereocenters. The molecule has 0 aromatic heterocycles. The maximum Gasteiger partial charge on any atom is 0.150 e. The number of carbonyl (C=O) groups is 2. The van der Waals surface area contributed by atoms with Crippen LogP contribution < -0.4 is 0 Å². The molecule has 6 rings (SSSR count). The van der Waals surface area contributed by atoms with E-state index in [1.165, 1.54) is 43.4 Å². The van der Waals surface area contributed by atoms with Gasteiger partial charge in [0.25, 0.3) is 0 Å². The third-order valence-electron chi connectivity index (χ3n) is 7.35.